The maximum Gasteiger partial charge on any atom is 0.416 e. The van der Waals surface area contributed by atoms with Gasteiger partial charge in [0.05, 0.1) is 28.4 Å². The molecule has 182 valence electrons. The molecule has 3 aromatic rings. The first kappa shape index (κ1) is 25.4. The van der Waals surface area contributed by atoms with Crippen molar-refractivity contribution < 1.29 is 31.4 Å². The number of nitrogens with zero attached hydrogens (tertiary/aromatic N) is 2. The number of sulfone groups is 1. The van der Waals surface area contributed by atoms with Crippen molar-refractivity contribution in [1.82, 2.24) is 9.78 Å². The van der Waals surface area contributed by atoms with Gasteiger partial charge < -0.3 is 9.84 Å². The third kappa shape index (κ3) is 5.65. The van der Waals surface area contributed by atoms with Crippen LogP contribution in [0.4, 0.5) is 13.2 Å². The molecule has 0 unspecified atom stereocenters. The number of hydrogen-bond donors (Lipinski definition) is 1. The van der Waals surface area contributed by atoms with E-state index in [0.29, 0.717) is 5.56 Å². The van der Waals surface area contributed by atoms with Crippen molar-refractivity contribution >= 4 is 9.84 Å². The van der Waals surface area contributed by atoms with Crippen LogP contribution in [0.25, 0.3) is 16.8 Å². The second kappa shape index (κ2) is 9.59. The van der Waals surface area contributed by atoms with Gasteiger partial charge in [-0.3, -0.25) is 4.79 Å². The van der Waals surface area contributed by atoms with Crippen LogP contribution in [-0.4, -0.2) is 42.3 Å². The quantitative estimate of drug-likeness (QED) is 0.536. The minimum atomic E-state index is -4.61. The standard InChI is InChI=1S/C23H23F3N2O5S/c1-14(2)20(29)13-33-21-19(15-7-9-18(10-8-15)34(3,31)32)12-27-28(22(21)30)17-6-4-5-16(11-17)23(24,25)26/h4-12,14,20,29H,13H2,1-3H3/t20-/m0/s1. The van der Waals surface area contributed by atoms with E-state index in [2.05, 4.69) is 5.10 Å². The Morgan fingerprint density at radius 2 is 1.76 bits per heavy atom. The first-order valence-electron chi connectivity index (χ1n) is 10.2. The molecule has 0 aliphatic rings. The highest BCUT2D eigenvalue weighted by atomic mass is 32.2. The summed E-state index contributed by atoms with van der Waals surface area (Å²) >= 11 is 0. The normalized spacial score (nSPS) is 13.2. The molecule has 0 fully saturated rings. The van der Waals surface area contributed by atoms with E-state index < -0.39 is 33.2 Å². The minimum absolute atomic E-state index is 0.0687. The zero-order valence-corrected chi connectivity index (χ0v) is 19.4. The lowest BCUT2D eigenvalue weighted by atomic mass is 10.1. The van der Waals surface area contributed by atoms with Crippen LogP contribution in [0.1, 0.15) is 19.4 Å². The lowest BCUT2D eigenvalue weighted by molar-refractivity contribution is -0.137. The van der Waals surface area contributed by atoms with Gasteiger partial charge in [0.15, 0.2) is 15.6 Å². The molecule has 3 rings (SSSR count). The molecule has 0 aliphatic heterocycles. The molecule has 1 atom stereocenters. The second-order valence-electron chi connectivity index (χ2n) is 8.07. The van der Waals surface area contributed by atoms with Crippen molar-refractivity contribution in [3.63, 3.8) is 0 Å². The molecule has 11 heteroatoms. The van der Waals surface area contributed by atoms with Crippen LogP contribution in [0, 0.1) is 5.92 Å². The SMILES string of the molecule is CC(C)[C@@H](O)COc1c(-c2ccc(S(C)(=O)=O)cc2)cnn(-c2cccc(C(F)(F)F)c2)c1=O. The number of benzene rings is 2. The molecule has 0 spiro atoms. The molecule has 0 saturated heterocycles. The zero-order chi connectivity index (χ0) is 25.3. The van der Waals surface area contributed by atoms with Gasteiger partial charge in [0.2, 0.25) is 0 Å². The van der Waals surface area contributed by atoms with Crippen molar-refractivity contribution in [2.24, 2.45) is 5.92 Å². The number of rotatable bonds is 7. The van der Waals surface area contributed by atoms with Crippen LogP contribution in [0.15, 0.2) is 64.4 Å². The molecule has 1 heterocycles. The fourth-order valence-corrected chi connectivity index (χ4v) is 3.65. The van der Waals surface area contributed by atoms with Crippen LogP contribution < -0.4 is 10.3 Å². The van der Waals surface area contributed by atoms with Crippen molar-refractivity contribution in [3.05, 3.63) is 70.6 Å². The molecular weight excluding hydrogens is 473 g/mol. The fourth-order valence-electron chi connectivity index (χ4n) is 3.02. The first-order chi connectivity index (χ1) is 15.8. The van der Waals surface area contributed by atoms with Gasteiger partial charge in [-0.1, -0.05) is 32.0 Å². The Labute approximate surface area is 194 Å². The van der Waals surface area contributed by atoms with Gasteiger partial charge in [-0.05, 0) is 41.8 Å². The number of halogens is 3. The average Bonchev–Trinajstić information content (AvgIpc) is 2.76. The summed E-state index contributed by atoms with van der Waals surface area (Å²) in [6.07, 6.45) is -3.22. The molecular formula is C23H23F3N2O5S. The van der Waals surface area contributed by atoms with Crippen molar-refractivity contribution in [2.45, 2.75) is 31.0 Å². The molecule has 0 bridgehead atoms. The van der Waals surface area contributed by atoms with Gasteiger partial charge in [-0.25, -0.2) is 8.42 Å². The van der Waals surface area contributed by atoms with Gasteiger partial charge in [-0.15, -0.1) is 0 Å². The largest absolute Gasteiger partial charge is 0.485 e. The summed E-state index contributed by atoms with van der Waals surface area (Å²) in [5.41, 5.74) is -1.30. The van der Waals surface area contributed by atoms with E-state index in [0.717, 1.165) is 29.1 Å². The predicted octanol–water partition coefficient (Wildman–Crippen LogP) is 3.72. The average molecular weight is 497 g/mol. The van der Waals surface area contributed by atoms with Crippen LogP contribution >= 0.6 is 0 Å². The second-order valence-corrected chi connectivity index (χ2v) is 10.1. The highest BCUT2D eigenvalue weighted by Gasteiger charge is 2.31. The van der Waals surface area contributed by atoms with Gasteiger partial charge in [0.1, 0.15) is 6.61 Å². The van der Waals surface area contributed by atoms with Crippen molar-refractivity contribution in [2.75, 3.05) is 12.9 Å². The van der Waals surface area contributed by atoms with E-state index in [1.807, 2.05) is 0 Å². The maximum atomic E-state index is 13.2. The molecule has 0 radical (unpaired) electrons. The summed E-state index contributed by atoms with van der Waals surface area (Å²) in [5.74, 6) is -0.413. The number of aromatic nitrogens is 2. The number of ether oxygens (including phenoxy) is 1. The summed E-state index contributed by atoms with van der Waals surface area (Å²) < 4.78 is 69.3. The van der Waals surface area contributed by atoms with E-state index in [9.17, 15) is 31.5 Å². The molecule has 1 aromatic heterocycles. The van der Waals surface area contributed by atoms with Gasteiger partial charge in [0.25, 0.3) is 0 Å². The molecule has 1 N–H and O–H groups in total. The Hall–Kier alpha value is -3.18. The summed E-state index contributed by atoms with van der Waals surface area (Å²) in [5, 5.41) is 14.2. The van der Waals surface area contributed by atoms with E-state index in [1.54, 1.807) is 13.8 Å². The van der Waals surface area contributed by atoms with E-state index >= 15 is 0 Å². The minimum Gasteiger partial charge on any atom is -0.485 e. The molecule has 34 heavy (non-hydrogen) atoms. The molecule has 7 nitrogen and oxygen atoms in total. The smallest absolute Gasteiger partial charge is 0.416 e. The molecule has 2 aromatic carbocycles. The number of alkyl halides is 3. The van der Waals surface area contributed by atoms with Gasteiger partial charge >= 0.3 is 11.7 Å². The van der Waals surface area contributed by atoms with Crippen LogP contribution in [0.2, 0.25) is 0 Å². The first-order valence-corrected chi connectivity index (χ1v) is 12.1. The molecule has 0 saturated carbocycles. The van der Waals surface area contributed by atoms with Crippen LogP contribution in [0.3, 0.4) is 0 Å². The highest BCUT2D eigenvalue weighted by Crippen LogP contribution is 2.31. The number of hydrogen-bond acceptors (Lipinski definition) is 6. The van der Waals surface area contributed by atoms with Crippen molar-refractivity contribution in [3.8, 4) is 22.6 Å². The summed E-state index contributed by atoms with van der Waals surface area (Å²) in [4.78, 5) is 13.3. The van der Waals surface area contributed by atoms with E-state index in [4.69, 9.17) is 4.74 Å². The lowest BCUT2D eigenvalue weighted by Gasteiger charge is -2.18. The molecule has 0 amide bonds. The number of aliphatic hydroxyl groups is 1. The Bertz CT molecular complexity index is 1330. The third-order valence-corrected chi connectivity index (χ3v) is 6.24. The van der Waals surface area contributed by atoms with Gasteiger partial charge in [0, 0.05) is 11.8 Å². The summed E-state index contributed by atoms with van der Waals surface area (Å²) in [7, 11) is -3.45. The fraction of sp³-hybridized carbons (Fsp3) is 0.304. The van der Waals surface area contributed by atoms with E-state index in [-0.39, 0.29) is 34.4 Å². The zero-order valence-electron chi connectivity index (χ0n) is 18.6. The van der Waals surface area contributed by atoms with Crippen LogP contribution in [-0.2, 0) is 16.0 Å². The lowest BCUT2D eigenvalue weighted by Crippen LogP contribution is -2.28. The molecule has 0 aliphatic carbocycles. The topological polar surface area (TPSA) is 98.5 Å². The van der Waals surface area contributed by atoms with E-state index in [1.165, 1.54) is 36.5 Å². The monoisotopic (exact) mass is 496 g/mol. The Morgan fingerprint density at radius 3 is 2.32 bits per heavy atom. The predicted molar refractivity (Wildman–Crippen MR) is 120 cm³/mol. The Balaban J connectivity index is 2.14. The number of aliphatic hydroxyl groups excluding tert-OH is 1. The Morgan fingerprint density at radius 1 is 1.12 bits per heavy atom. The maximum absolute atomic E-state index is 13.2. The van der Waals surface area contributed by atoms with Crippen LogP contribution in [0.5, 0.6) is 5.75 Å². The van der Waals surface area contributed by atoms with Gasteiger partial charge in [-0.2, -0.15) is 23.0 Å². The summed E-state index contributed by atoms with van der Waals surface area (Å²) in [6.45, 7) is 3.27. The highest BCUT2D eigenvalue weighted by molar-refractivity contribution is 7.90. The third-order valence-electron chi connectivity index (χ3n) is 5.11. The Kier molecular flexibility index (Phi) is 7.18. The summed E-state index contributed by atoms with van der Waals surface area (Å²) in [6, 6.07) is 9.78. The van der Waals surface area contributed by atoms with Crippen molar-refractivity contribution in [1.29, 1.82) is 0 Å².